The fourth-order valence-electron chi connectivity index (χ4n) is 14.3. The molecule has 3 amide bonds. The number of carboxylic acid groups (broad SMARTS) is 1. The van der Waals surface area contributed by atoms with Crippen LogP contribution in [0.1, 0.15) is 183 Å². The Morgan fingerprint density at radius 3 is 1.24 bits per heavy atom. The van der Waals surface area contributed by atoms with E-state index in [1.54, 1.807) is 84.4 Å². The zero-order chi connectivity index (χ0) is 71.6. The maximum Gasteiger partial charge on any atom is 1.00 e. The molecule has 5 N–H and O–H groups in total. The number of pyridine rings is 6. The Kier molecular flexibility index (Phi) is 30.8. The van der Waals surface area contributed by atoms with E-state index in [1.807, 2.05) is 130 Å². The summed E-state index contributed by atoms with van der Waals surface area (Å²) in [6.45, 7) is 20.5. The number of carbonyl (C=O) groups excluding carboxylic acids is 3. The smallest absolute Gasteiger partial charge is 1.00 e. The number of primary amides is 1. The number of carbonyl (C=O) groups is 4. The summed E-state index contributed by atoms with van der Waals surface area (Å²) >= 11 is 0. The number of amides is 3. The molecule has 12 rings (SSSR count). The van der Waals surface area contributed by atoms with Crippen LogP contribution in [0.15, 0.2) is 201 Å². The summed E-state index contributed by atoms with van der Waals surface area (Å²) in [7, 11) is 5.55. The Morgan fingerprint density at radius 1 is 0.510 bits per heavy atom. The molecule has 6 aromatic heterocycles. The van der Waals surface area contributed by atoms with Crippen LogP contribution in [0.25, 0.3) is 9.69 Å². The van der Waals surface area contributed by atoms with Gasteiger partial charge < -0.3 is 42.2 Å². The van der Waals surface area contributed by atoms with Gasteiger partial charge in [-0.05, 0) is 254 Å². The molecule has 3 aliphatic carbocycles. The number of rotatable bonds is 22. The van der Waals surface area contributed by atoms with Gasteiger partial charge in [0.15, 0.2) is 0 Å². The second kappa shape index (κ2) is 40.0. The number of benzene rings is 3. The Morgan fingerprint density at radius 2 is 0.892 bits per heavy atom. The first-order valence-electron chi connectivity index (χ1n) is 34.9. The van der Waals surface area contributed by atoms with Crippen molar-refractivity contribution in [2.24, 2.45) is 41.2 Å². The van der Waals surface area contributed by atoms with Crippen LogP contribution in [0.5, 0.6) is 0 Å². The van der Waals surface area contributed by atoms with E-state index in [0.29, 0.717) is 82.8 Å². The van der Waals surface area contributed by atoms with Crippen LogP contribution >= 0.6 is 0 Å². The Hall–Kier alpha value is -9.02. The van der Waals surface area contributed by atoms with E-state index in [1.165, 1.54) is 71.9 Å². The van der Waals surface area contributed by atoms with E-state index in [0.717, 1.165) is 61.8 Å². The maximum absolute atomic E-state index is 12.8. The SMILES string of the molecule is CN(Cc1cccnc1)C(=O)c1ccc(CC2CC[C@H]([C@H](O)c3ccc(C(N)=O)nc3)C2)cc1.CNCc1cccnc1.[C-]#[N+]c1ccc([C@@H](C)[C@H]2CCC(Cc3ccc(C(=O)N(C)Cc4cccnc4)cc3)C2)cn1.[C-]#[N+]c1ccc([C@@H](C)[C@H]2CCC(Cc3ccc(C(=O)O)cc3)C2)cn1.[H-].[K+]. The van der Waals surface area contributed by atoms with E-state index in [9.17, 15) is 24.3 Å². The van der Waals surface area contributed by atoms with Crippen molar-refractivity contribution in [3.05, 3.63) is 297 Å². The van der Waals surface area contributed by atoms with Gasteiger partial charge in [0.05, 0.1) is 11.7 Å². The van der Waals surface area contributed by atoms with Gasteiger partial charge in [-0.2, -0.15) is 0 Å². The normalized spacial score (nSPS) is 18.0. The molecule has 3 fully saturated rings. The average molecular weight is 1390 g/mol. The average Bonchev–Trinajstić information content (AvgIpc) is 1.77. The molecule has 6 heterocycles. The summed E-state index contributed by atoms with van der Waals surface area (Å²) in [6.07, 6.45) is 28.5. The molecule has 19 heteroatoms. The number of carboxylic acids is 1. The van der Waals surface area contributed by atoms with Crippen molar-refractivity contribution < 1.29 is 82.2 Å². The summed E-state index contributed by atoms with van der Waals surface area (Å²) in [5.41, 5.74) is 17.3. The summed E-state index contributed by atoms with van der Waals surface area (Å²) in [5, 5.41) is 22.8. The molecule has 0 aliphatic heterocycles. The standard InChI is InChI=1S/C28H30N4O.C27H30N4O3.C21H22N2O2.C7H10N2.K.H/c1-20(26-12-13-27(29-2)31-18-26)25-11-8-22(16-25)15-21-6-9-24(10-7-21)28(33)32(3)19-23-5-4-14-30-17-23;1-31(17-20-3-2-12-29-15-20)27(34)21-7-4-18(5-8-21)13-19-6-9-22(14-19)25(32)23-10-11-24(26(28)33)30-16-23;1-14(19-9-10-20(22-2)23-13-19)18-8-5-16(12-18)11-15-3-6-17(7-4-15)21(24)25;1-8-5-7-3-2-4-9-6-7;;/h4-7,9-10,12-14,17-18,20,22,25H,8,11,15-16,19H2,1,3H3;2-5,7-8,10-12,15-16,19,22,25,32H,6,9,13-14,17H2,1H3,(H2,28,33);3-4,6-7,9-10,13-14,16,18H,5,8,11-12H2,1H3,(H,24,25);2-4,6,8H,5H2,1H3;;/q;;;;+1;-1/t20-,22?,25-;19?,22-,25-;14-,16?,18-;;;/m000.../s1. The van der Waals surface area contributed by atoms with Crippen molar-refractivity contribution in [1.82, 2.24) is 45.0 Å². The molecule has 3 aromatic carbocycles. The van der Waals surface area contributed by atoms with E-state index in [-0.39, 0.29) is 76.2 Å². The number of nitrogens with one attached hydrogen (secondary N) is 1. The van der Waals surface area contributed by atoms with E-state index in [4.69, 9.17) is 24.0 Å². The first-order chi connectivity index (χ1) is 48.9. The fraction of sp³-hybridized carbons (Fsp3) is 0.349. The first kappa shape index (κ1) is 78.7. The van der Waals surface area contributed by atoms with Gasteiger partial charge in [-0.1, -0.05) is 99.8 Å². The third kappa shape index (κ3) is 23.5. The van der Waals surface area contributed by atoms with Gasteiger partial charge in [-0.3, -0.25) is 34.3 Å². The molecular formula is C83H93KN12O6. The minimum absolute atomic E-state index is 0. The van der Waals surface area contributed by atoms with Gasteiger partial charge in [0, 0.05) is 88.2 Å². The number of hydrogen-bond acceptors (Lipinski definition) is 12. The third-order valence-corrected chi connectivity index (χ3v) is 20.1. The monoisotopic (exact) mass is 1390 g/mol. The topological polar surface area (TPSA) is 239 Å². The van der Waals surface area contributed by atoms with Crippen LogP contribution in [0.2, 0.25) is 0 Å². The fourth-order valence-corrected chi connectivity index (χ4v) is 14.3. The minimum atomic E-state index is -0.876. The molecule has 0 bridgehead atoms. The number of aromatic carboxylic acids is 1. The van der Waals surface area contributed by atoms with Crippen LogP contribution < -0.4 is 62.4 Å². The molecule has 18 nitrogen and oxygen atoms in total. The van der Waals surface area contributed by atoms with E-state index in [2.05, 4.69) is 77.0 Å². The van der Waals surface area contributed by atoms with Gasteiger partial charge in [0.1, 0.15) is 18.1 Å². The first-order valence-corrected chi connectivity index (χ1v) is 34.9. The minimum Gasteiger partial charge on any atom is -1.00 e. The van der Waals surface area contributed by atoms with E-state index < -0.39 is 18.0 Å². The summed E-state index contributed by atoms with van der Waals surface area (Å²) in [5.74, 6) is 3.63. The molecule has 0 spiro atoms. The van der Waals surface area contributed by atoms with Gasteiger partial charge in [-0.25, -0.2) is 4.79 Å². The van der Waals surface area contributed by atoms with Gasteiger partial charge in [0.2, 0.25) is 0 Å². The molecule has 9 aromatic rings. The van der Waals surface area contributed by atoms with Crippen LogP contribution in [0.3, 0.4) is 0 Å². The zero-order valence-electron chi connectivity index (χ0n) is 60.4. The Balaban J connectivity index is 0.000000203. The molecule has 3 unspecified atom stereocenters. The largest absolute Gasteiger partial charge is 1.00 e. The van der Waals surface area contributed by atoms with Crippen molar-refractivity contribution in [3.8, 4) is 0 Å². The summed E-state index contributed by atoms with van der Waals surface area (Å²) < 4.78 is 0. The molecule has 9 atom stereocenters. The summed E-state index contributed by atoms with van der Waals surface area (Å²) in [4.78, 5) is 82.5. The number of aromatic nitrogens is 6. The molecular weight excluding hydrogens is 1300 g/mol. The second-order valence-electron chi connectivity index (χ2n) is 27.2. The van der Waals surface area contributed by atoms with Crippen LogP contribution in [-0.4, -0.2) is 94.8 Å². The second-order valence-corrected chi connectivity index (χ2v) is 27.2. The number of nitrogens with zero attached hydrogens (tertiary/aromatic N) is 10. The quantitative estimate of drug-likeness (QED) is 0.0365. The van der Waals surface area contributed by atoms with Crippen LogP contribution in [0.4, 0.5) is 11.6 Å². The maximum atomic E-state index is 12.8. The molecule has 3 aliphatic rings. The van der Waals surface area contributed by atoms with Gasteiger partial charge in [0.25, 0.3) is 29.4 Å². The molecule has 0 radical (unpaired) electrons. The predicted molar refractivity (Wildman–Crippen MR) is 394 cm³/mol. The van der Waals surface area contributed by atoms with Crippen molar-refractivity contribution >= 4 is 35.3 Å². The van der Waals surface area contributed by atoms with Crippen LogP contribution in [0, 0.1) is 48.7 Å². The van der Waals surface area contributed by atoms with E-state index >= 15 is 0 Å². The molecule has 3 saturated carbocycles. The van der Waals surface area contributed by atoms with Gasteiger partial charge >= 0.3 is 57.4 Å². The molecule has 522 valence electrons. The number of nitrogens with two attached hydrogens (primary N) is 1. The third-order valence-electron chi connectivity index (χ3n) is 20.1. The van der Waals surface area contributed by atoms with Crippen molar-refractivity contribution in [2.45, 2.75) is 128 Å². The van der Waals surface area contributed by atoms with Crippen molar-refractivity contribution in [1.29, 1.82) is 0 Å². The number of hydrogen-bond donors (Lipinski definition) is 4. The molecule has 0 saturated heterocycles. The Bertz CT molecular complexity index is 4170. The predicted octanol–water partition coefficient (Wildman–Crippen LogP) is 12.6. The van der Waals surface area contributed by atoms with Crippen molar-refractivity contribution in [3.63, 3.8) is 0 Å². The Labute approximate surface area is 644 Å². The zero-order valence-corrected chi connectivity index (χ0v) is 62.6. The van der Waals surface area contributed by atoms with Gasteiger partial charge in [-0.15, -0.1) is 9.97 Å². The summed E-state index contributed by atoms with van der Waals surface area (Å²) in [6, 6.07) is 45.9. The van der Waals surface area contributed by atoms with Crippen LogP contribution in [-0.2, 0) is 38.9 Å². The number of aliphatic hydroxyl groups excluding tert-OH is 1. The molecule has 102 heavy (non-hydrogen) atoms. The van der Waals surface area contributed by atoms with Crippen molar-refractivity contribution in [2.75, 3.05) is 21.1 Å². The number of aliphatic hydroxyl groups is 1.